The number of carboxylic acids is 2. The fourth-order valence-electron chi connectivity index (χ4n) is 4.29. The lowest BCUT2D eigenvalue weighted by molar-refractivity contribution is -0.385. The van der Waals surface area contributed by atoms with Gasteiger partial charge in [-0.3, -0.25) is 25.0 Å². The van der Waals surface area contributed by atoms with Gasteiger partial charge in [0.1, 0.15) is 24.7 Å². The SMILES string of the molecule is CS(=O)(=O)c1cc(Cl)ccc1C(=O)c1cnoc1C1CC1.C[S+](C)C.O=C(O)CNCP(=O)([O-])O.O=C(O)c1cc(Oc2ccc(C(F)(F)F)cc2Cl)ccc1[N+](=O)[O-]. The number of hydrogen-bond acceptors (Lipinski definition) is 13. The molecule has 0 spiro atoms. The number of halogens is 5. The highest BCUT2D eigenvalue weighted by Gasteiger charge is 2.34. The van der Waals surface area contributed by atoms with Gasteiger partial charge in [0.2, 0.25) is 0 Å². The number of nitro benzene ring substituents is 1. The van der Waals surface area contributed by atoms with Crippen LogP contribution < -0.4 is 14.9 Å². The maximum atomic E-state index is 12.6. The van der Waals surface area contributed by atoms with Crippen LogP contribution in [0, 0.1) is 10.1 Å². The van der Waals surface area contributed by atoms with Crippen molar-refractivity contribution in [2.24, 2.45) is 0 Å². The molecule has 0 amide bonds. The molecule has 1 saturated carbocycles. The molecule has 5 rings (SSSR count). The summed E-state index contributed by atoms with van der Waals surface area (Å²) in [4.78, 5) is 61.2. The molecular formula is C34H35Cl2F3N3O14PS2. The summed E-state index contributed by atoms with van der Waals surface area (Å²) in [7, 11) is -7.27. The van der Waals surface area contributed by atoms with Gasteiger partial charge in [0, 0.05) is 34.9 Å². The van der Waals surface area contributed by atoms with Gasteiger partial charge in [-0.25, -0.2) is 13.2 Å². The van der Waals surface area contributed by atoms with Crippen LogP contribution in [-0.2, 0) is 36.3 Å². The minimum absolute atomic E-state index is 0.0806. The zero-order valence-corrected chi connectivity index (χ0v) is 35.1. The lowest BCUT2D eigenvalue weighted by Crippen LogP contribution is -2.25. The maximum absolute atomic E-state index is 12.6. The molecule has 1 aliphatic carbocycles. The second-order valence-corrected chi connectivity index (χ2v) is 19.3. The number of ketones is 1. The average molecular weight is 933 g/mol. The molecule has 1 aliphatic rings. The Morgan fingerprint density at radius 3 is 2.12 bits per heavy atom. The molecule has 1 unspecified atom stereocenters. The molecule has 1 heterocycles. The number of aromatic carboxylic acids is 1. The first kappa shape index (κ1) is 50.6. The Balaban J connectivity index is 0.000000312. The molecule has 0 bridgehead atoms. The maximum Gasteiger partial charge on any atom is 0.416 e. The molecule has 4 N–H and O–H groups in total. The number of rotatable bonds is 12. The Morgan fingerprint density at radius 1 is 1.03 bits per heavy atom. The van der Waals surface area contributed by atoms with Crippen LogP contribution >= 0.6 is 30.8 Å². The van der Waals surface area contributed by atoms with Gasteiger partial charge in [0.15, 0.2) is 21.4 Å². The molecule has 4 aromatic rings. The van der Waals surface area contributed by atoms with E-state index in [9.17, 15) is 55.5 Å². The van der Waals surface area contributed by atoms with E-state index in [1.54, 1.807) is 0 Å². The van der Waals surface area contributed by atoms with Crippen LogP contribution in [0.3, 0.4) is 0 Å². The van der Waals surface area contributed by atoms with Gasteiger partial charge in [-0.2, -0.15) is 13.2 Å². The zero-order chi connectivity index (χ0) is 45.0. The summed E-state index contributed by atoms with van der Waals surface area (Å²) in [5.41, 5.74) is -1.83. The first-order valence-electron chi connectivity index (χ1n) is 16.1. The van der Waals surface area contributed by atoms with E-state index in [2.05, 4.69) is 23.9 Å². The second-order valence-electron chi connectivity index (χ2n) is 12.4. The summed E-state index contributed by atoms with van der Waals surface area (Å²) >= 11 is 11.6. The van der Waals surface area contributed by atoms with Crippen molar-refractivity contribution in [3.63, 3.8) is 0 Å². The molecule has 1 fully saturated rings. The summed E-state index contributed by atoms with van der Waals surface area (Å²) in [6.45, 7) is -0.479. The highest BCUT2D eigenvalue weighted by Crippen LogP contribution is 2.42. The third-order valence-corrected chi connectivity index (χ3v) is 9.14. The number of alkyl halides is 3. The molecule has 322 valence electrons. The van der Waals surface area contributed by atoms with Crippen molar-refractivity contribution >= 4 is 74.9 Å². The molecule has 1 atom stereocenters. The summed E-state index contributed by atoms with van der Waals surface area (Å²) < 4.78 is 81.7. The van der Waals surface area contributed by atoms with Crippen LogP contribution in [0.2, 0.25) is 10.0 Å². The van der Waals surface area contributed by atoms with Crippen LogP contribution in [0.15, 0.2) is 70.2 Å². The monoisotopic (exact) mass is 931 g/mol. The third-order valence-electron chi connectivity index (χ3n) is 6.85. The normalized spacial score (nSPS) is 13.3. The van der Waals surface area contributed by atoms with Crippen molar-refractivity contribution in [3.05, 3.63) is 109 Å². The largest absolute Gasteiger partial charge is 0.778 e. The second kappa shape index (κ2) is 21.6. The van der Waals surface area contributed by atoms with E-state index in [0.717, 1.165) is 49.4 Å². The predicted molar refractivity (Wildman–Crippen MR) is 209 cm³/mol. The first-order valence-corrected chi connectivity index (χ1v) is 23.0. The molecule has 17 nitrogen and oxygen atoms in total. The van der Waals surface area contributed by atoms with Gasteiger partial charge >= 0.3 is 18.1 Å². The number of carbonyl (C=O) groups is 3. The smallest absolute Gasteiger partial charge is 0.416 e. The van der Waals surface area contributed by atoms with Crippen molar-refractivity contribution in [1.82, 2.24) is 10.5 Å². The quantitative estimate of drug-likeness (QED) is 0.0401. The number of hydrogen-bond donors (Lipinski definition) is 4. The van der Waals surface area contributed by atoms with Crippen LogP contribution in [0.5, 0.6) is 11.5 Å². The summed E-state index contributed by atoms with van der Waals surface area (Å²) in [5, 5.41) is 33.3. The number of aromatic nitrogens is 1. The molecule has 1 aromatic heterocycles. The van der Waals surface area contributed by atoms with Gasteiger partial charge < -0.3 is 33.8 Å². The molecule has 0 aliphatic heterocycles. The van der Waals surface area contributed by atoms with Crippen LogP contribution in [0.1, 0.15) is 56.4 Å². The van der Waals surface area contributed by atoms with E-state index < -0.39 is 75.9 Å². The van der Waals surface area contributed by atoms with Gasteiger partial charge in [0.05, 0.1) is 63.8 Å². The highest BCUT2D eigenvalue weighted by molar-refractivity contribution is 7.94. The number of carbonyl (C=O) groups excluding carboxylic acids is 1. The van der Waals surface area contributed by atoms with E-state index in [1.165, 1.54) is 24.4 Å². The van der Waals surface area contributed by atoms with Crippen molar-refractivity contribution in [2.45, 2.75) is 29.8 Å². The van der Waals surface area contributed by atoms with E-state index in [1.807, 2.05) is 5.32 Å². The number of ether oxygens (including phenoxy) is 1. The number of nitrogens with one attached hydrogen (secondary N) is 1. The molecule has 3 aromatic carbocycles. The van der Waals surface area contributed by atoms with Crippen molar-refractivity contribution < 1.29 is 74.7 Å². The summed E-state index contributed by atoms with van der Waals surface area (Å²) in [6, 6.07) is 9.47. The Bertz CT molecular complexity index is 2320. The Morgan fingerprint density at radius 2 is 1.64 bits per heavy atom. The van der Waals surface area contributed by atoms with E-state index in [-0.39, 0.29) is 37.9 Å². The third kappa shape index (κ3) is 17.3. The predicted octanol–water partition coefficient (Wildman–Crippen LogP) is 6.26. The van der Waals surface area contributed by atoms with Crippen LogP contribution in [0.4, 0.5) is 18.9 Å². The fraction of sp³-hybridized carbons (Fsp3) is 0.294. The van der Waals surface area contributed by atoms with E-state index in [0.29, 0.717) is 28.3 Å². The summed E-state index contributed by atoms with van der Waals surface area (Å²) in [5.74, 6) is -2.67. The van der Waals surface area contributed by atoms with E-state index in [4.69, 9.17) is 47.6 Å². The number of aliphatic carboxylic acids is 1. The number of nitrogens with zero attached hydrogens (tertiary/aromatic N) is 2. The van der Waals surface area contributed by atoms with Crippen LogP contribution in [0.25, 0.3) is 0 Å². The van der Waals surface area contributed by atoms with Gasteiger partial charge in [-0.05, 0) is 66.2 Å². The van der Waals surface area contributed by atoms with Gasteiger partial charge in [0.25, 0.3) is 5.69 Å². The van der Waals surface area contributed by atoms with Crippen molar-refractivity contribution in [2.75, 3.05) is 37.9 Å². The first-order chi connectivity index (χ1) is 27.1. The van der Waals surface area contributed by atoms with Gasteiger partial charge in [-0.15, -0.1) is 0 Å². The minimum atomic E-state index is -4.58. The number of benzene rings is 3. The number of sulfone groups is 1. The average Bonchev–Trinajstić information content (AvgIpc) is 3.83. The topological polar surface area (TPSA) is 277 Å². The van der Waals surface area contributed by atoms with E-state index >= 15 is 0 Å². The molecular weight excluding hydrogens is 897 g/mol. The lowest BCUT2D eigenvalue weighted by Gasteiger charge is -2.14. The Labute approximate surface area is 347 Å². The van der Waals surface area contributed by atoms with Crippen molar-refractivity contribution in [1.29, 1.82) is 0 Å². The lowest BCUT2D eigenvalue weighted by atomic mass is 10.0. The zero-order valence-electron chi connectivity index (χ0n) is 31.1. The molecule has 0 saturated heterocycles. The Kier molecular flexibility index (Phi) is 18.6. The number of carboxylic acid groups (broad SMARTS) is 2. The minimum Gasteiger partial charge on any atom is -0.778 e. The van der Waals surface area contributed by atoms with Gasteiger partial charge in [-0.1, -0.05) is 28.4 Å². The summed E-state index contributed by atoms with van der Waals surface area (Å²) in [6.07, 6.45) is 5.59. The van der Waals surface area contributed by atoms with Crippen LogP contribution in [-0.4, -0.2) is 89.2 Å². The molecule has 59 heavy (non-hydrogen) atoms. The fourth-order valence-corrected chi connectivity index (χ4v) is 6.05. The number of nitro groups is 1. The standard InChI is InChI=1S/C14H7ClF3NO5.C14H12ClNO4S.C3H8NO5P.C3H9S/c15-10-5-7(14(16,17)18)1-4-12(10)24-8-2-3-11(19(22)23)9(6-8)13(20)21;1-21(18,19)12-6-9(15)4-5-10(12)13(17)11-7-16-20-14(11)8-2-3-8;5-3(6)1-4-2-10(7,8)9;1-4(2)3/h1-6H,(H,20,21);4-8H,2-3H2,1H3;4H,1-2H2,(H,5,6)(H2,7,8,9);1-3H3/q;;;+1/p-1. The van der Waals surface area contributed by atoms with Crippen molar-refractivity contribution in [3.8, 4) is 11.5 Å². The molecule has 25 heteroatoms. The Hall–Kier alpha value is -4.54. The molecule has 0 radical (unpaired) electrons. The highest BCUT2D eigenvalue weighted by atomic mass is 35.5.